The zero-order chi connectivity index (χ0) is 14.6. The number of anilines is 1. The molecule has 0 atom stereocenters. The van der Waals surface area contributed by atoms with Crippen LogP contribution in [0.5, 0.6) is 0 Å². The standard InChI is InChI=1S/C12H16F2N4O2/c13-12(14)3-6-17(7-4-12)8-5-15-10-1-2-11(16-9-10)18(19)20/h1-2,9,15H,3-8H2. The third-order valence-electron chi connectivity index (χ3n) is 3.28. The van der Waals surface area contributed by atoms with Crippen LogP contribution < -0.4 is 5.32 Å². The monoisotopic (exact) mass is 286 g/mol. The third-order valence-corrected chi connectivity index (χ3v) is 3.28. The van der Waals surface area contributed by atoms with Crippen LogP contribution in [0, 0.1) is 10.1 Å². The topological polar surface area (TPSA) is 71.3 Å². The molecule has 1 aliphatic rings. The summed E-state index contributed by atoms with van der Waals surface area (Å²) in [5.41, 5.74) is 0.679. The molecule has 0 unspecified atom stereocenters. The van der Waals surface area contributed by atoms with Gasteiger partial charge in [-0.15, -0.1) is 0 Å². The predicted octanol–water partition coefficient (Wildman–Crippen LogP) is 2.13. The van der Waals surface area contributed by atoms with Crippen molar-refractivity contribution in [2.45, 2.75) is 18.8 Å². The van der Waals surface area contributed by atoms with Crippen molar-refractivity contribution < 1.29 is 13.7 Å². The summed E-state index contributed by atoms with van der Waals surface area (Å²) in [6, 6.07) is 2.90. The molecule has 0 spiro atoms. The molecule has 1 fully saturated rings. The highest BCUT2D eigenvalue weighted by atomic mass is 19.3. The van der Waals surface area contributed by atoms with Crippen molar-refractivity contribution in [3.8, 4) is 0 Å². The molecule has 8 heteroatoms. The number of piperidine rings is 1. The minimum atomic E-state index is -2.52. The number of nitro groups is 1. The maximum absolute atomic E-state index is 13.0. The molecule has 1 aliphatic heterocycles. The van der Waals surface area contributed by atoms with E-state index in [0.717, 1.165) is 0 Å². The quantitative estimate of drug-likeness (QED) is 0.663. The summed E-state index contributed by atoms with van der Waals surface area (Å²) in [4.78, 5) is 15.5. The molecule has 6 nitrogen and oxygen atoms in total. The number of likely N-dealkylation sites (tertiary alicyclic amines) is 1. The fraction of sp³-hybridized carbons (Fsp3) is 0.583. The van der Waals surface area contributed by atoms with Gasteiger partial charge in [0.2, 0.25) is 0 Å². The summed E-state index contributed by atoms with van der Waals surface area (Å²) in [5.74, 6) is -2.72. The molecule has 0 radical (unpaired) electrons. The van der Waals surface area contributed by atoms with Gasteiger partial charge in [0.1, 0.15) is 0 Å². The Bertz CT molecular complexity index is 457. The molecule has 2 heterocycles. The fourth-order valence-electron chi connectivity index (χ4n) is 2.06. The Balaban J connectivity index is 1.72. The number of rotatable bonds is 5. The number of pyridine rings is 1. The van der Waals surface area contributed by atoms with E-state index in [1.165, 1.54) is 12.3 Å². The number of alkyl halides is 2. The summed E-state index contributed by atoms with van der Waals surface area (Å²) in [6.45, 7) is 2.04. The second-order valence-electron chi connectivity index (χ2n) is 4.79. The molecule has 1 aromatic heterocycles. The van der Waals surface area contributed by atoms with Crippen molar-refractivity contribution in [3.63, 3.8) is 0 Å². The molecule has 1 aromatic rings. The average molecular weight is 286 g/mol. The van der Waals surface area contributed by atoms with Gasteiger partial charge in [-0.25, -0.2) is 8.78 Å². The highest BCUT2D eigenvalue weighted by Crippen LogP contribution is 2.27. The molecule has 20 heavy (non-hydrogen) atoms. The molecule has 0 amide bonds. The van der Waals surface area contributed by atoms with E-state index in [9.17, 15) is 18.9 Å². The summed E-state index contributed by atoms with van der Waals surface area (Å²) in [6.07, 6.45) is 1.21. The van der Waals surface area contributed by atoms with Gasteiger partial charge in [-0.1, -0.05) is 0 Å². The van der Waals surface area contributed by atoms with Crippen LogP contribution in [0.2, 0.25) is 0 Å². The Kier molecular flexibility index (Phi) is 4.43. The Morgan fingerprint density at radius 3 is 2.65 bits per heavy atom. The van der Waals surface area contributed by atoms with Crippen molar-refractivity contribution in [3.05, 3.63) is 28.4 Å². The number of aromatic nitrogens is 1. The molecule has 0 saturated carbocycles. The van der Waals surface area contributed by atoms with Crippen LogP contribution in [0.1, 0.15) is 12.8 Å². The number of nitrogens with zero attached hydrogens (tertiary/aromatic N) is 3. The fourth-order valence-corrected chi connectivity index (χ4v) is 2.06. The van der Waals surface area contributed by atoms with E-state index in [1.54, 1.807) is 6.07 Å². The van der Waals surface area contributed by atoms with Gasteiger partial charge in [0.25, 0.3) is 5.92 Å². The number of hydrogen-bond donors (Lipinski definition) is 1. The minimum absolute atomic E-state index is 0.0912. The Labute approximate surface area is 114 Å². The molecular weight excluding hydrogens is 270 g/mol. The first-order valence-electron chi connectivity index (χ1n) is 6.41. The van der Waals surface area contributed by atoms with E-state index in [4.69, 9.17) is 0 Å². The molecular formula is C12H16F2N4O2. The van der Waals surface area contributed by atoms with Crippen LogP contribution in [0.25, 0.3) is 0 Å². The van der Waals surface area contributed by atoms with E-state index in [1.807, 2.05) is 4.90 Å². The van der Waals surface area contributed by atoms with Gasteiger partial charge in [-0.05, 0) is 16.0 Å². The SMILES string of the molecule is O=[N+]([O-])c1ccc(NCCN2CCC(F)(F)CC2)cn1. The number of hydrogen-bond acceptors (Lipinski definition) is 5. The number of nitrogens with one attached hydrogen (secondary N) is 1. The maximum atomic E-state index is 13.0. The first kappa shape index (κ1) is 14.6. The van der Waals surface area contributed by atoms with Crippen LogP contribution in [-0.2, 0) is 0 Å². The van der Waals surface area contributed by atoms with Crippen LogP contribution in [0.15, 0.2) is 18.3 Å². The largest absolute Gasteiger partial charge is 0.381 e. The van der Waals surface area contributed by atoms with Gasteiger partial charge in [0.15, 0.2) is 6.20 Å². The summed E-state index contributed by atoms with van der Waals surface area (Å²) < 4.78 is 25.9. The Morgan fingerprint density at radius 1 is 1.40 bits per heavy atom. The van der Waals surface area contributed by atoms with Gasteiger partial charge < -0.3 is 20.3 Å². The normalized spacial score (nSPS) is 18.7. The number of halogens is 2. The first-order chi connectivity index (χ1) is 9.46. The van der Waals surface area contributed by atoms with E-state index >= 15 is 0 Å². The van der Waals surface area contributed by atoms with E-state index in [2.05, 4.69) is 10.3 Å². The van der Waals surface area contributed by atoms with Crippen LogP contribution in [-0.4, -0.2) is 46.9 Å². The molecule has 0 bridgehead atoms. The average Bonchev–Trinajstić information content (AvgIpc) is 2.41. The van der Waals surface area contributed by atoms with Crippen LogP contribution in [0.4, 0.5) is 20.3 Å². The van der Waals surface area contributed by atoms with Crippen molar-refractivity contribution >= 4 is 11.5 Å². The molecule has 1 saturated heterocycles. The third kappa shape index (κ3) is 4.09. The molecule has 110 valence electrons. The lowest BCUT2D eigenvalue weighted by atomic mass is 10.1. The second-order valence-corrected chi connectivity index (χ2v) is 4.79. The summed E-state index contributed by atoms with van der Waals surface area (Å²) in [5, 5.41) is 13.5. The zero-order valence-corrected chi connectivity index (χ0v) is 10.9. The summed E-state index contributed by atoms with van der Waals surface area (Å²) >= 11 is 0. The predicted molar refractivity (Wildman–Crippen MR) is 70.0 cm³/mol. The summed E-state index contributed by atoms with van der Waals surface area (Å²) in [7, 11) is 0. The zero-order valence-electron chi connectivity index (χ0n) is 10.9. The molecule has 0 aliphatic carbocycles. The smallest absolute Gasteiger partial charge is 0.363 e. The van der Waals surface area contributed by atoms with E-state index in [-0.39, 0.29) is 18.7 Å². The van der Waals surface area contributed by atoms with Crippen LogP contribution in [0.3, 0.4) is 0 Å². The second kappa shape index (κ2) is 6.08. The lowest BCUT2D eigenvalue weighted by Gasteiger charge is -2.31. The highest BCUT2D eigenvalue weighted by Gasteiger charge is 2.33. The van der Waals surface area contributed by atoms with Gasteiger partial charge in [0, 0.05) is 45.1 Å². The van der Waals surface area contributed by atoms with Crippen molar-refractivity contribution in [1.29, 1.82) is 0 Å². The first-order valence-corrected chi connectivity index (χ1v) is 6.41. The van der Waals surface area contributed by atoms with E-state index < -0.39 is 10.8 Å². The Morgan fingerprint density at radius 2 is 2.10 bits per heavy atom. The molecule has 2 rings (SSSR count). The Hall–Kier alpha value is -1.83. The van der Waals surface area contributed by atoms with Gasteiger partial charge in [-0.2, -0.15) is 0 Å². The van der Waals surface area contributed by atoms with Crippen molar-refractivity contribution in [1.82, 2.24) is 9.88 Å². The van der Waals surface area contributed by atoms with Crippen molar-refractivity contribution in [2.75, 3.05) is 31.5 Å². The lowest BCUT2D eigenvalue weighted by Crippen LogP contribution is -2.41. The molecule has 1 N–H and O–H groups in total. The highest BCUT2D eigenvalue weighted by molar-refractivity contribution is 5.43. The minimum Gasteiger partial charge on any atom is -0.381 e. The van der Waals surface area contributed by atoms with Gasteiger partial charge in [-0.3, -0.25) is 0 Å². The van der Waals surface area contributed by atoms with Crippen LogP contribution >= 0.6 is 0 Å². The van der Waals surface area contributed by atoms with Gasteiger partial charge in [0.05, 0.1) is 5.69 Å². The molecule has 0 aromatic carbocycles. The lowest BCUT2D eigenvalue weighted by molar-refractivity contribution is -0.389. The maximum Gasteiger partial charge on any atom is 0.363 e. The van der Waals surface area contributed by atoms with E-state index in [0.29, 0.717) is 31.9 Å². The van der Waals surface area contributed by atoms with Crippen molar-refractivity contribution in [2.24, 2.45) is 0 Å². The van der Waals surface area contributed by atoms with Gasteiger partial charge >= 0.3 is 5.82 Å².